The lowest BCUT2D eigenvalue weighted by Gasteiger charge is -2.24. The summed E-state index contributed by atoms with van der Waals surface area (Å²) in [4.78, 5) is 5.06. The molecule has 1 N–H and O–H groups in total. The SMILES string of the molecule is COCOc1ccc(Cc2c(C)cc(OCc3ccccc3)c(O)c2C)nc1C1CCCCC1. The summed E-state index contributed by atoms with van der Waals surface area (Å²) < 4.78 is 16.9. The summed E-state index contributed by atoms with van der Waals surface area (Å²) in [6.07, 6.45) is 6.70. The van der Waals surface area contributed by atoms with E-state index in [1.54, 1.807) is 7.11 Å². The molecule has 0 atom stereocenters. The number of phenols is 1. The van der Waals surface area contributed by atoms with Crippen LogP contribution < -0.4 is 9.47 Å². The largest absolute Gasteiger partial charge is 0.504 e. The number of aromatic hydroxyl groups is 1. The number of aryl methyl sites for hydroxylation is 1. The molecular weight excluding hydrogens is 426 g/mol. The van der Waals surface area contributed by atoms with Crippen LogP contribution in [-0.4, -0.2) is 24.0 Å². The lowest BCUT2D eigenvalue weighted by Crippen LogP contribution is -2.12. The van der Waals surface area contributed by atoms with Crippen LogP contribution in [0.25, 0.3) is 0 Å². The number of ether oxygens (including phenoxy) is 3. The summed E-state index contributed by atoms with van der Waals surface area (Å²) in [7, 11) is 1.63. The van der Waals surface area contributed by atoms with E-state index < -0.39 is 0 Å². The Morgan fingerprint density at radius 1 is 0.941 bits per heavy atom. The molecule has 1 aliphatic carbocycles. The van der Waals surface area contributed by atoms with Crippen molar-refractivity contribution in [3.8, 4) is 17.2 Å². The van der Waals surface area contributed by atoms with Gasteiger partial charge in [-0.25, -0.2) is 0 Å². The van der Waals surface area contributed by atoms with E-state index in [1.807, 2.05) is 55.5 Å². The molecule has 3 aromatic rings. The Morgan fingerprint density at radius 3 is 2.44 bits per heavy atom. The molecule has 1 heterocycles. The summed E-state index contributed by atoms with van der Waals surface area (Å²) in [5.41, 5.74) is 6.09. The minimum Gasteiger partial charge on any atom is -0.504 e. The minimum atomic E-state index is 0.198. The number of pyridine rings is 1. The highest BCUT2D eigenvalue weighted by atomic mass is 16.7. The highest BCUT2D eigenvalue weighted by Gasteiger charge is 2.22. The maximum atomic E-state index is 10.9. The summed E-state index contributed by atoms with van der Waals surface area (Å²) in [5.74, 6) is 1.95. The third kappa shape index (κ3) is 5.71. The van der Waals surface area contributed by atoms with E-state index in [4.69, 9.17) is 19.2 Å². The van der Waals surface area contributed by atoms with Crippen LogP contribution in [-0.2, 0) is 17.8 Å². The molecule has 1 aromatic heterocycles. The van der Waals surface area contributed by atoms with Gasteiger partial charge in [0.15, 0.2) is 18.3 Å². The van der Waals surface area contributed by atoms with Crippen molar-refractivity contribution in [3.63, 3.8) is 0 Å². The van der Waals surface area contributed by atoms with Gasteiger partial charge >= 0.3 is 0 Å². The molecule has 1 fully saturated rings. The lowest BCUT2D eigenvalue weighted by molar-refractivity contribution is 0.0496. The van der Waals surface area contributed by atoms with Gasteiger partial charge in [0.25, 0.3) is 0 Å². The fourth-order valence-electron chi connectivity index (χ4n) is 4.79. The topological polar surface area (TPSA) is 60.8 Å². The molecular formula is C29H35NO4. The van der Waals surface area contributed by atoms with Crippen LogP contribution in [0.3, 0.4) is 0 Å². The molecule has 5 heteroatoms. The number of hydrogen-bond acceptors (Lipinski definition) is 5. The Labute approximate surface area is 202 Å². The number of aromatic nitrogens is 1. The van der Waals surface area contributed by atoms with Crippen LogP contribution in [0.2, 0.25) is 0 Å². The number of nitrogens with zero attached hydrogens (tertiary/aromatic N) is 1. The zero-order chi connectivity index (χ0) is 23.9. The van der Waals surface area contributed by atoms with Crippen LogP contribution in [0.15, 0.2) is 48.5 Å². The maximum Gasteiger partial charge on any atom is 0.188 e. The molecule has 0 radical (unpaired) electrons. The van der Waals surface area contributed by atoms with Gasteiger partial charge in [0.1, 0.15) is 12.4 Å². The summed E-state index contributed by atoms with van der Waals surface area (Å²) in [5, 5.41) is 10.9. The molecule has 0 bridgehead atoms. The first-order chi connectivity index (χ1) is 16.6. The Bertz CT molecular complexity index is 1090. The van der Waals surface area contributed by atoms with Gasteiger partial charge in [0.2, 0.25) is 0 Å². The Balaban J connectivity index is 1.57. The van der Waals surface area contributed by atoms with E-state index in [-0.39, 0.29) is 12.5 Å². The molecule has 5 nitrogen and oxygen atoms in total. The van der Waals surface area contributed by atoms with E-state index in [9.17, 15) is 5.11 Å². The average Bonchev–Trinajstić information content (AvgIpc) is 2.88. The average molecular weight is 462 g/mol. The Morgan fingerprint density at radius 2 is 1.71 bits per heavy atom. The molecule has 180 valence electrons. The van der Waals surface area contributed by atoms with Crippen LogP contribution in [0.1, 0.15) is 71.7 Å². The normalized spacial score (nSPS) is 14.2. The third-order valence-electron chi connectivity index (χ3n) is 6.73. The van der Waals surface area contributed by atoms with Gasteiger partial charge in [-0.2, -0.15) is 0 Å². The van der Waals surface area contributed by atoms with Crippen molar-refractivity contribution in [1.82, 2.24) is 4.98 Å². The summed E-state index contributed by atoms with van der Waals surface area (Å²) in [6, 6.07) is 15.9. The predicted octanol–water partition coefficient (Wildman–Crippen LogP) is 6.60. The van der Waals surface area contributed by atoms with E-state index in [1.165, 1.54) is 19.3 Å². The minimum absolute atomic E-state index is 0.198. The molecule has 4 rings (SSSR count). The van der Waals surface area contributed by atoms with E-state index in [0.29, 0.717) is 24.7 Å². The smallest absolute Gasteiger partial charge is 0.188 e. The fourth-order valence-corrected chi connectivity index (χ4v) is 4.79. The molecule has 0 aliphatic heterocycles. The second-order valence-corrected chi connectivity index (χ2v) is 9.17. The van der Waals surface area contributed by atoms with Crippen LogP contribution in [0, 0.1) is 13.8 Å². The Kier molecular flexibility index (Phi) is 8.07. The van der Waals surface area contributed by atoms with Crippen LogP contribution in [0.5, 0.6) is 17.2 Å². The zero-order valence-corrected chi connectivity index (χ0v) is 20.5. The molecule has 0 spiro atoms. The third-order valence-corrected chi connectivity index (χ3v) is 6.73. The first-order valence-corrected chi connectivity index (χ1v) is 12.2. The maximum absolute atomic E-state index is 10.9. The molecule has 0 amide bonds. The van der Waals surface area contributed by atoms with Gasteiger partial charge in [-0.05, 0) is 67.1 Å². The molecule has 0 unspecified atom stereocenters. The van der Waals surface area contributed by atoms with Gasteiger partial charge in [-0.1, -0.05) is 49.6 Å². The molecule has 1 aliphatic rings. The monoisotopic (exact) mass is 461 g/mol. The summed E-state index contributed by atoms with van der Waals surface area (Å²) in [6.45, 7) is 4.65. The number of hydrogen-bond donors (Lipinski definition) is 1. The first kappa shape index (κ1) is 24.1. The summed E-state index contributed by atoms with van der Waals surface area (Å²) >= 11 is 0. The Hall–Kier alpha value is -3.05. The lowest BCUT2D eigenvalue weighted by atomic mass is 9.86. The van der Waals surface area contributed by atoms with Crippen LogP contribution in [0.4, 0.5) is 0 Å². The van der Waals surface area contributed by atoms with Crippen molar-refractivity contribution in [2.75, 3.05) is 13.9 Å². The van der Waals surface area contributed by atoms with E-state index in [0.717, 1.165) is 52.2 Å². The fraction of sp³-hybridized carbons (Fsp3) is 0.414. The molecule has 1 saturated carbocycles. The quantitative estimate of drug-likeness (QED) is 0.364. The van der Waals surface area contributed by atoms with Crippen molar-refractivity contribution in [1.29, 1.82) is 0 Å². The van der Waals surface area contributed by atoms with Crippen molar-refractivity contribution < 1.29 is 19.3 Å². The van der Waals surface area contributed by atoms with Gasteiger partial charge in [0, 0.05) is 25.1 Å². The molecule has 0 saturated heterocycles. The van der Waals surface area contributed by atoms with E-state index in [2.05, 4.69) is 6.92 Å². The van der Waals surface area contributed by atoms with E-state index >= 15 is 0 Å². The van der Waals surface area contributed by atoms with Crippen molar-refractivity contribution >= 4 is 0 Å². The van der Waals surface area contributed by atoms with Gasteiger partial charge in [0.05, 0.1) is 5.69 Å². The number of phenolic OH excluding ortho intramolecular Hbond substituents is 1. The highest BCUT2D eigenvalue weighted by molar-refractivity contribution is 5.54. The van der Waals surface area contributed by atoms with Gasteiger partial charge in [-0.15, -0.1) is 0 Å². The second kappa shape index (κ2) is 11.4. The number of benzene rings is 2. The standard InChI is InChI=1S/C29H35NO4/c1-20-16-27(33-18-22-10-6-4-7-11-22)29(31)21(2)25(20)17-24-14-15-26(34-19-32-3)28(30-24)23-12-8-5-9-13-23/h4,6-7,10-11,14-16,23,31H,5,8-9,12-13,17-19H2,1-3H3. The zero-order valence-electron chi connectivity index (χ0n) is 20.5. The van der Waals surface area contributed by atoms with Crippen molar-refractivity contribution in [2.24, 2.45) is 0 Å². The first-order valence-electron chi connectivity index (χ1n) is 12.2. The molecule has 34 heavy (non-hydrogen) atoms. The van der Waals surface area contributed by atoms with Crippen molar-refractivity contribution in [3.05, 3.63) is 82.2 Å². The number of methoxy groups -OCH3 is 1. The van der Waals surface area contributed by atoms with Gasteiger partial charge in [-0.3, -0.25) is 4.98 Å². The van der Waals surface area contributed by atoms with Crippen LogP contribution >= 0.6 is 0 Å². The highest BCUT2D eigenvalue weighted by Crippen LogP contribution is 2.38. The van der Waals surface area contributed by atoms with Gasteiger partial charge < -0.3 is 19.3 Å². The predicted molar refractivity (Wildman–Crippen MR) is 134 cm³/mol. The number of rotatable bonds is 9. The van der Waals surface area contributed by atoms with Crippen molar-refractivity contribution in [2.45, 2.75) is 64.9 Å². The second-order valence-electron chi connectivity index (χ2n) is 9.17. The molecule has 2 aromatic carbocycles.